The number of rotatable bonds is 6. The molecule has 0 saturated carbocycles. The number of ketones is 1. The summed E-state index contributed by atoms with van der Waals surface area (Å²) in [6.07, 6.45) is -5.21. The lowest BCUT2D eigenvalue weighted by molar-refractivity contribution is -0.189. The topological polar surface area (TPSA) is 74.7 Å². The van der Waals surface area contributed by atoms with Crippen molar-refractivity contribution in [3.05, 3.63) is 59.1 Å². The summed E-state index contributed by atoms with van der Waals surface area (Å²) in [5.41, 5.74) is 1.02. The van der Waals surface area contributed by atoms with Gasteiger partial charge in [-0.2, -0.15) is 13.2 Å². The van der Waals surface area contributed by atoms with E-state index in [9.17, 15) is 22.8 Å². The molecule has 0 unspecified atom stereocenters. The molecule has 2 aromatic carbocycles. The van der Waals surface area contributed by atoms with Crippen molar-refractivity contribution in [2.24, 2.45) is 0 Å². The van der Waals surface area contributed by atoms with Crippen LogP contribution in [-0.2, 0) is 4.79 Å². The highest BCUT2D eigenvalue weighted by atomic mass is 32.1. The molecule has 0 saturated heterocycles. The zero-order valence-corrected chi connectivity index (χ0v) is 16.5. The third-order valence-corrected chi connectivity index (χ3v) is 4.80. The molecule has 0 aliphatic carbocycles. The molecule has 0 fully saturated rings. The Morgan fingerprint density at radius 3 is 2.13 bits per heavy atom. The van der Waals surface area contributed by atoms with Crippen LogP contribution in [0.1, 0.15) is 16.1 Å². The summed E-state index contributed by atoms with van der Waals surface area (Å²) in [6, 6.07) is 11.6. The summed E-state index contributed by atoms with van der Waals surface area (Å²) in [5, 5.41) is 2.20. The standard InChI is InChI=1S/C20H14F3NO5S/c1-27-14-8-12(9-15(28-2)17(14)29-19(26)20(21,22)23)16(25)13-10-30-18(24-13)11-6-4-3-5-7-11/h3-10H,1-2H3. The number of ether oxygens (including phenoxy) is 3. The lowest BCUT2D eigenvalue weighted by atomic mass is 10.1. The van der Waals surface area contributed by atoms with Crippen LogP contribution in [0.25, 0.3) is 10.6 Å². The van der Waals surface area contributed by atoms with Crippen molar-refractivity contribution < 1.29 is 37.0 Å². The highest BCUT2D eigenvalue weighted by Crippen LogP contribution is 2.40. The van der Waals surface area contributed by atoms with Gasteiger partial charge in [0.25, 0.3) is 0 Å². The van der Waals surface area contributed by atoms with Gasteiger partial charge in [-0.05, 0) is 12.1 Å². The summed E-state index contributed by atoms with van der Waals surface area (Å²) >= 11 is 1.27. The Kier molecular flexibility index (Phi) is 6.06. The van der Waals surface area contributed by atoms with Crippen LogP contribution in [0, 0.1) is 0 Å². The van der Waals surface area contributed by atoms with Crippen molar-refractivity contribution in [2.75, 3.05) is 14.2 Å². The van der Waals surface area contributed by atoms with Gasteiger partial charge in [0.2, 0.25) is 11.5 Å². The van der Waals surface area contributed by atoms with Crippen LogP contribution in [0.15, 0.2) is 47.8 Å². The molecule has 0 aliphatic heterocycles. The maximum absolute atomic E-state index is 12.9. The molecule has 1 aromatic heterocycles. The number of methoxy groups -OCH3 is 2. The van der Waals surface area contributed by atoms with E-state index in [-0.39, 0.29) is 22.8 Å². The second-order valence-corrected chi connectivity index (χ2v) is 6.69. The van der Waals surface area contributed by atoms with E-state index in [4.69, 9.17) is 9.47 Å². The Labute approximate surface area is 172 Å². The zero-order chi connectivity index (χ0) is 21.9. The van der Waals surface area contributed by atoms with Gasteiger partial charge < -0.3 is 14.2 Å². The average molecular weight is 437 g/mol. The largest absolute Gasteiger partial charge is 0.493 e. The second-order valence-electron chi connectivity index (χ2n) is 5.83. The number of thiazole rings is 1. The van der Waals surface area contributed by atoms with Crippen LogP contribution in [0.2, 0.25) is 0 Å². The molecule has 0 bridgehead atoms. The monoisotopic (exact) mass is 437 g/mol. The van der Waals surface area contributed by atoms with Gasteiger partial charge in [0, 0.05) is 16.5 Å². The van der Waals surface area contributed by atoms with Gasteiger partial charge in [-0.3, -0.25) is 4.79 Å². The Morgan fingerprint density at radius 1 is 1.00 bits per heavy atom. The number of carbonyl (C=O) groups is 2. The molecular weight excluding hydrogens is 423 g/mol. The normalized spacial score (nSPS) is 11.1. The summed E-state index contributed by atoms with van der Waals surface area (Å²) in [4.78, 5) is 28.4. The van der Waals surface area contributed by atoms with Crippen LogP contribution in [0.5, 0.6) is 17.2 Å². The molecule has 0 amide bonds. The van der Waals surface area contributed by atoms with E-state index in [1.807, 2.05) is 30.3 Å². The van der Waals surface area contributed by atoms with Gasteiger partial charge >= 0.3 is 12.1 Å². The molecule has 0 radical (unpaired) electrons. The first-order valence-corrected chi connectivity index (χ1v) is 9.23. The van der Waals surface area contributed by atoms with Crippen molar-refractivity contribution >= 4 is 23.1 Å². The Bertz CT molecular complexity index is 1050. The lowest BCUT2D eigenvalue weighted by Gasteiger charge is -2.15. The van der Waals surface area contributed by atoms with Crippen molar-refractivity contribution in [3.8, 4) is 27.8 Å². The number of esters is 1. The Hall–Kier alpha value is -3.40. The summed E-state index contributed by atoms with van der Waals surface area (Å²) in [5.74, 6) is -4.06. The number of nitrogens with zero attached hydrogens (tertiary/aromatic N) is 1. The maximum Gasteiger partial charge on any atom is 0.491 e. The molecule has 0 aliphatic rings. The molecule has 0 spiro atoms. The molecule has 6 nitrogen and oxygen atoms in total. The number of hydrogen-bond donors (Lipinski definition) is 0. The Balaban J connectivity index is 1.96. The number of carbonyl (C=O) groups excluding carboxylic acids is 2. The van der Waals surface area contributed by atoms with Crippen molar-refractivity contribution in [3.63, 3.8) is 0 Å². The van der Waals surface area contributed by atoms with E-state index in [0.717, 1.165) is 31.9 Å². The minimum absolute atomic E-state index is 0.0421. The summed E-state index contributed by atoms with van der Waals surface area (Å²) in [6.45, 7) is 0. The first kappa shape index (κ1) is 21.3. The third kappa shape index (κ3) is 4.43. The van der Waals surface area contributed by atoms with Crippen LogP contribution in [0.4, 0.5) is 13.2 Å². The van der Waals surface area contributed by atoms with E-state index in [2.05, 4.69) is 9.72 Å². The summed E-state index contributed by atoms with van der Waals surface area (Å²) in [7, 11) is 2.31. The molecule has 10 heteroatoms. The van der Waals surface area contributed by atoms with Crippen molar-refractivity contribution in [2.45, 2.75) is 6.18 Å². The zero-order valence-electron chi connectivity index (χ0n) is 15.6. The second kappa shape index (κ2) is 8.54. The lowest BCUT2D eigenvalue weighted by Crippen LogP contribution is -2.28. The van der Waals surface area contributed by atoms with E-state index in [1.165, 1.54) is 11.3 Å². The van der Waals surface area contributed by atoms with Crippen LogP contribution in [-0.4, -0.2) is 37.1 Å². The van der Waals surface area contributed by atoms with E-state index >= 15 is 0 Å². The molecule has 0 atom stereocenters. The fourth-order valence-electron chi connectivity index (χ4n) is 2.50. The molecule has 0 N–H and O–H groups in total. The smallest absolute Gasteiger partial charge is 0.491 e. The predicted octanol–water partition coefficient (Wildman–Crippen LogP) is 4.53. The number of alkyl halides is 3. The van der Waals surface area contributed by atoms with Gasteiger partial charge in [-0.25, -0.2) is 9.78 Å². The van der Waals surface area contributed by atoms with Gasteiger partial charge in [-0.1, -0.05) is 30.3 Å². The molecule has 3 rings (SSSR count). The minimum Gasteiger partial charge on any atom is -0.493 e. The minimum atomic E-state index is -5.21. The number of hydrogen-bond acceptors (Lipinski definition) is 7. The van der Waals surface area contributed by atoms with Crippen molar-refractivity contribution in [1.29, 1.82) is 0 Å². The molecule has 156 valence electrons. The van der Waals surface area contributed by atoms with Gasteiger partial charge in [0.05, 0.1) is 14.2 Å². The van der Waals surface area contributed by atoms with Crippen molar-refractivity contribution in [1.82, 2.24) is 4.98 Å². The number of benzene rings is 2. The molecule has 3 aromatic rings. The van der Waals surface area contributed by atoms with E-state index < -0.39 is 23.7 Å². The van der Waals surface area contributed by atoms with E-state index in [1.54, 1.807) is 5.38 Å². The summed E-state index contributed by atoms with van der Waals surface area (Å²) < 4.78 is 52.1. The average Bonchev–Trinajstić information content (AvgIpc) is 3.23. The van der Waals surface area contributed by atoms with Gasteiger partial charge in [-0.15, -0.1) is 11.3 Å². The third-order valence-electron chi connectivity index (χ3n) is 3.91. The SMILES string of the molecule is COc1cc(C(=O)c2csc(-c3ccccc3)n2)cc(OC)c1OC(=O)C(F)(F)F. The van der Waals surface area contributed by atoms with Gasteiger partial charge in [0.1, 0.15) is 10.7 Å². The first-order valence-electron chi connectivity index (χ1n) is 8.35. The molecule has 1 heterocycles. The predicted molar refractivity (Wildman–Crippen MR) is 102 cm³/mol. The first-order chi connectivity index (χ1) is 14.2. The Morgan fingerprint density at radius 2 is 1.60 bits per heavy atom. The van der Waals surface area contributed by atoms with Crippen LogP contribution >= 0.6 is 11.3 Å². The van der Waals surface area contributed by atoms with Gasteiger partial charge in [0.15, 0.2) is 11.5 Å². The van der Waals surface area contributed by atoms with Crippen LogP contribution < -0.4 is 14.2 Å². The highest BCUT2D eigenvalue weighted by molar-refractivity contribution is 7.13. The highest BCUT2D eigenvalue weighted by Gasteiger charge is 2.42. The maximum atomic E-state index is 12.9. The fourth-order valence-corrected chi connectivity index (χ4v) is 3.31. The quantitative estimate of drug-likeness (QED) is 0.321. The van der Waals surface area contributed by atoms with E-state index in [0.29, 0.717) is 5.01 Å². The number of halogens is 3. The van der Waals surface area contributed by atoms with Crippen LogP contribution in [0.3, 0.4) is 0 Å². The number of aromatic nitrogens is 1. The molecular formula is C20H14F3NO5S. The molecule has 30 heavy (non-hydrogen) atoms. The fraction of sp³-hybridized carbons (Fsp3) is 0.150.